The lowest BCUT2D eigenvalue weighted by Crippen LogP contribution is -2.45. The summed E-state index contributed by atoms with van der Waals surface area (Å²) in [7, 11) is -2.10. The van der Waals surface area contributed by atoms with Gasteiger partial charge in [0.25, 0.3) is 0 Å². The minimum Gasteiger partial charge on any atom is -0.495 e. The lowest BCUT2D eigenvalue weighted by atomic mass is 10.0. The fraction of sp³-hybridized carbons (Fsp3) is 0.667. The van der Waals surface area contributed by atoms with Crippen molar-refractivity contribution in [1.29, 1.82) is 0 Å². The second kappa shape index (κ2) is 7.85. The van der Waals surface area contributed by atoms with Crippen LogP contribution in [0.1, 0.15) is 37.8 Å². The molecule has 1 aliphatic heterocycles. The van der Waals surface area contributed by atoms with Gasteiger partial charge in [-0.1, -0.05) is 13.8 Å². The normalized spacial score (nSPS) is 17.4. The topological polar surface area (TPSA) is 58.6 Å². The molecule has 1 fully saturated rings. The molecule has 1 aliphatic rings. The predicted octanol–water partition coefficient (Wildman–Crippen LogP) is 2.71. The van der Waals surface area contributed by atoms with Gasteiger partial charge in [0.2, 0.25) is 10.0 Å². The summed E-state index contributed by atoms with van der Waals surface area (Å²) in [5.74, 6) is 0.792. The van der Waals surface area contributed by atoms with Crippen LogP contribution in [0.4, 0.5) is 0 Å². The van der Waals surface area contributed by atoms with Crippen molar-refractivity contribution >= 4 is 10.0 Å². The van der Waals surface area contributed by atoms with Crippen LogP contribution in [0.5, 0.6) is 5.75 Å². The summed E-state index contributed by atoms with van der Waals surface area (Å²) in [6, 6.07) is 3.70. The lowest BCUT2D eigenvalue weighted by Gasteiger charge is -2.31. The van der Waals surface area contributed by atoms with E-state index >= 15 is 0 Å². The van der Waals surface area contributed by atoms with E-state index in [9.17, 15) is 8.42 Å². The minimum absolute atomic E-state index is 0.219. The number of aryl methyl sites for hydroxylation is 2. The Morgan fingerprint density at radius 2 is 1.75 bits per heavy atom. The highest BCUT2D eigenvalue weighted by Crippen LogP contribution is 2.27. The molecule has 136 valence electrons. The number of nitrogens with one attached hydrogen (secondary N) is 1. The summed E-state index contributed by atoms with van der Waals surface area (Å²) in [5.41, 5.74) is 1.96. The molecular formula is C18H30N2O3S. The van der Waals surface area contributed by atoms with Crippen molar-refractivity contribution in [3.8, 4) is 5.75 Å². The molecule has 1 aromatic rings. The Morgan fingerprint density at radius 1 is 1.17 bits per heavy atom. The van der Waals surface area contributed by atoms with Crippen molar-refractivity contribution < 1.29 is 13.2 Å². The van der Waals surface area contributed by atoms with Gasteiger partial charge in [0.15, 0.2) is 0 Å². The number of sulfonamides is 1. The lowest BCUT2D eigenvalue weighted by molar-refractivity contribution is 0.193. The second-order valence-electron chi connectivity index (χ2n) is 6.99. The fourth-order valence-electron chi connectivity index (χ4n) is 3.27. The van der Waals surface area contributed by atoms with Crippen LogP contribution in [0.15, 0.2) is 17.0 Å². The molecule has 6 heteroatoms. The van der Waals surface area contributed by atoms with E-state index < -0.39 is 10.0 Å². The monoisotopic (exact) mass is 354 g/mol. The van der Waals surface area contributed by atoms with Gasteiger partial charge in [0.05, 0.1) is 7.11 Å². The Kier molecular flexibility index (Phi) is 6.28. The van der Waals surface area contributed by atoms with Crippen LogP contribution >= 0.6 is 0 Å². The molecule has 0 spiro atoms. The van der Waals surface area contributed by atoms with Crippen molar-refractivity contribution in [2.75, 3.05) is 26.7 Å². The second-order valence-corrected chi connectivity index (χ2v) is 8.73. The molecule has 1 saturated heterocycles. The van der Waals surface area contributed by atoms with Gasteiger partial charge in [0, 0.05) is 12.6 Å². The van der Waals surface area contributed by atoms with Gasteiger partial charge in [-0.2, -0.15) is 0 Å². The molecule has 5 nitrogen and oxygen atoms in total. The average Bonchev–Trinajstić information content (AvgIpc) is 3.03. The van der Waals surface area contributed by atoms with Gasteiger partial charge in [-0.15, -0.1) is 0 Å². The third-order valence-electron chi connectivity index (χ3n) is 4.93. The zero-order valence-corrected chi connectivity index (χ0v) is 16.2. The predicted molar refractivity (Wildman–Crippen MR) is 97.1 cm³/mol. The molecule has 0 saturated carbocycles. The molecule has 0 aromatic heterocycles. The molecule has 1 unspecified atom stereocenters. The van der Waals surface area contributed by atoms with Crippen molar-refractivity contribution in [1.82, 2.24) is 9.62 Å². The van der Waals surface area contributed by atoms with Crippen LogP contribution in [0.25, 0.3) is 0 Å². The van der Waals surface area contributed by atoms with Crippen LogP contribution in [0, 0.1) is 19.8 Å². The van der Waals surface area contributed by atoms with E-state index in [1.807, 2.05) is 13.8 Å². The molecule has 1 N–H and O–H groups in total. The number of hydrogen-bond donors (Lipinski definition) is 1. The third-order valence-corrected chi connectivity index (χ3v) is 6.38. The minimum atomic E-state index is -3.60. The number of nitrogens with zero attached hydrogens (tertiary/aromatic N) is 1. The van der Waals surface area contributed by atoms with Crippen LogP contribution in [-0.4, -0.2) is 46.1 Å². The highest BCUT2D eigenvalue weighted by Gasteiger charge is 2.27. The largest absolute Gasteiger partial charge is 0.495 e. The quantitative estimate of drug-likeness (QED) is 0.818. The standard InChI is InChI=1S/C18H30N2O3S/c1-13(2)16(20-8-6-7-9-20)12-19-24(21,22)18-11-15(4)14(3)10-17(18)23-5/h10-11,13,16,19H,6-9,12H2,1-5H3. The number of likely N-dealkylation sites (tertiary alicyclic amines) is 1. The molecule has 0 aliphatic carbocycles. The Bertz CT molecular complexity index is 665. The summed E-state index contributed by atoms with van der Waals surface area (Å²) in [4.78, 5) is 2.61. The van der Waals surface area contributed by atoms with Crippen molar-refractivity contribution in [3.63, 3.8) is 0 Å². The number of benzene rings is 1. The number of hydrogen-bond acceptors (Lipinski definition) is 4. The number of methoxy groups -OCH3 is 1. The zero-order chi connectivity index (χ0) is 17.9. The maximum absolute atomic E-state index is 12.8. The van der Waals surface area contributed by atoms with E-state index in [1.165, 1.54) is 20.0 Å². The van der Waals surface area contributed by atoms with Crippen LogP contribution in [0.3, 0.4) is 0 Å². The molecular weight excluding hydrogens is 324 g/mol. The van der Waals surface area contributed by atoms with E-state index in [-0.39, 0.29) is 10.9 Å². The summed E-state index contributed by atoms with van der Waals surface area (Å²) in [6.45, 7) is 10.7. The Hall–Kier alpha value is -1.11. The summed E-state index contributed by atoms with van der Waals surface area (Å²) >= 11 is 0. The van der Waals surface area contributed by atoms with Gasteiger partial charge in [-0.25, -0.2) is 13.1 Å². The van der Waals surface area contributed by atoms with E-state index in [0.29, 0.717) is 18.2 Å². The molecule has 1 atom stereocenters. The van der Waals surface area contributed by atoms with E-state index in [0.717, 1.165) is 24.2 Å². The van der Waals surface area contributed by atoms with Gasteiger partial charge >= 0.3 is 0 Å². The van der Waals surface area contributed by atoms with E-state index in [1.54, 1.807) is 12.1 Å². The first kappa shape index (κ1) is 19.2. The SMILES string of the molecule is COc1cc(C)c(C)cc1S(=O)(=O)NCC(C(C)C)N1CCCC1. The summed E-state index contributed by atoms with van der Waals surface area (Å²) in [5, 5.41) is 0. The van der Waals surface area contributed by atoms with Crippen molar-refractivity contribution in [3.05, 3.63) is 23.3 Å². The van der Waals surface area contributed by atoms with Gasteiger partial charge in [-0.05, 0) is 69.0 Å². The highest BCUT2D eigenvalue weighted by atomic mass is 32.2. The first-order valence-electron chi connectivity index (χ1n) is 8.65. The maximum Gasteiger partial charge on any atom is 0.244 e. The van der Waals surface area contributed by atoms with Crippen molar-refractivity contribution in [2.24, 2.45) is 5.92 Å². The molecule has 2 rings (SSSR count). The number of rotatable bonds is 7. The van der Waals surface area contributed by atoms with Crippen LogP contribution in [0.2, 0.25) is 0 Å². The highest BCUT2D eigenvalue weighted by molar-refractivity contribution is 7.89. The third kappa shape index (κ3) is 4.29. The first-order chi connectivity index (χ1) is 11.3. The smallest absolute Gasteiger partial charge is 0.244 e. The van der Waals surface area contributed by atoms with Crippen LogP contribution < -0.4 is 9.46 Å². The van der Waals surface area contributed by atoms with E-state index in [4.69, 9.17) is 4.74 Å². The van der Waals surface area contributed by atoms with E-state index in [2.05, 4.69) is 23.5 Å². The van der Waals surface area contributed by atoms with Gasteiger partial charge < -0.3 is 4.74 Å². The molecule has 1 heterocycles. The van der Waals surface area contributed by atoms with Crippen LogP contribution in [-0.2, 0) is 10.0 Å². The average molecular weight is 355 g/mol. The molecule has 24 heavy (non-hydrogen) atoms. The summed E-state index contributed by atoms with van der Waals surface area (Å²) in [6.07, 6.45) is 2.39. The Labute approximate surface area is 146 Å². The Morgan fingerprint density at radius 3 is 2.29 bits per heavy atom. The molecule has 0 bridgehead atoms. The van der Waals surface area contributed by atoms with Gasteiger partial charge in [0.1, 0.15) is 10.6 Å². The summed E-state index contributed by atoms with van der Waals surface area (Å²) < 4.78 is 33.7. The molecule has 1 aromatic carbocycles. The Balaban J connectivity index is 2.20. The fourth-order valence-corrected chi connectivity index (χ4v) is 4.55. The molecule has 0 radical (unpaired) electrons. The number of ether oxygens (including phenoxy) is 1. The first-order valence-corrected chi connectivity index (χ1v) is 10.1. The maximum atomic E-state index is 12.8. The van der Waals surface area contributed by atoms with Gasteiger partial charge in [-0.3, -0.25) is 4.90 Å². The molecule has 0 amide bonds. The zero-order valence-electron chi connectivity index (χ0n) is 15.4. The van der Waals surface area contributed by atoms with Crippen molar-refractivity contribution in [2.45, 2.75) is 51.5 Å².